The zero-order chi connectivity index (χ0) is 13.5. The zero-order valence-electron chi connectivity index (χ0n) is 12.5. The van der Waals surface area contributed by atoms with Gasteiger partial charge >= 0.3 is 0 Å². The van der Waals surface area contributed by atoms with Crippen molar-refractivity contribution >= 4 is 5.91 Å². The highest BCUT2D eigenvalue weighted by atomic mass is 16.2. The summed E-state index contributed by atoms with van der Waals surface area (Å²) in [7, 11) is 0. The molecule has 2 aliphatic carbocycles. The Bertz CT molecular complexity index is 345. The van der Waals surface area contributed by atoms with E-state index in [0.29, 0.717) is 24.0 Å². The van der Waals surface area contributed by atoms with Gasteiger partial charge in [-0.05, 0) is 44.9 Å². The molecule has 19 heavy (non-hydrogen) atoms. The summed E-state index contributed by atoms with van der Waals surface area (Å²) in [6.07, 6.45) is 11.4. The highest BCUT2D eigenvalue weighted by Gasteiger charge is 2.60. The number of hydrogen-bond acceptors (Lipinski definition) is 2. The second-order valence-electron chi connectivity index (χ2n) is 6.92. The van der Waals surface area contributed by atoms with Gasteiger partial charge in [-0.2, -0.15) is 0 Å². The molecule has 1 saturated heterocycles. The molecule has 0 aromatic heterocycles. The largest absolute Gasteiger partial charge is 0.323 e. The lowest BCUT2D eigenvalue weighted by molar-refractivity contribution is -0.133. The van der Waals surface area contributed by atoms with Gasteiger partial charge in [0, 0.05) is 6.04 Å². The first-order valence-electron chi connectivity index (χ1n) is 8.28. The minimum atomic E-state index is -0.131. The molecule has 0 aromatic carbocycles. The van der Waals surface area contributed by atoms with Crippen LogP contribution in [0.15, 0.2) is 0 Å². The maximum absolute atomic E-state index is 12.7. The molecular formula is C16H28N2O. The van der Waals surface area contributed by atoms with E-state index in [-0.39, 0.29) is 5.54 Å². The van der Waals surface area contributed by atoms with Crippen molar-refractivity contribution in [2.45, 2.75) is 89.4 Å². The fraction of sp³-hybridized carbons (Fsp3) is 0.938. The molecule has 3 rings (SSSR count). The van der Waals surface area contributed by atoms with E-state index >= 15 is 0 Å². The minimum absolute atomic E-state index is 0.131. The van der Waals surface area contributed by atoms with Crippen LogP contribution in [-0.4, -0.2) is 28.6 Å². The molecule has 1 heterocycles. The van der Waals surface area contributed by atoms with E-state index in [0.717, 1.165) is 19.3 Å². The summed E-state index contributed by atoms with van der Waals surface area (Å²) in [5.74, 6) is 1.11. The van der Waals surface area contributed by atoms with Crippen molar-refractivity contribution in [3.05, 3.63) is 0 Å². The summed E-state index contributed by atoms with van der Waals surface area (Å²) < 4.78 is 0. The lowest BCUT2D eigenvalue weighted by atomic mass is 10.0. The highest BCUT2D eigenvalue weighted by Crippen LogP contribution is 2.46. The highest BCUT2D eigenvalue weighted by molar-refractivity contribution is 5.92. The van der Waals surface area contributed by atoms with E-state index in [1.54, 1.807) is 0 Å². The molecule has 1 amide bonds. The molecule has 0 bridgehead atoms. The average molecular weight is 264 g/mol. The molecule has 3 heteroatoms. The van der Waals surface area contributed by atoms with Gasteiger partial charge in [-0.1, -0.05) is 32.6 Å². The lowest BCUT2D eigenvalue weighted by Crippen LogP contribution is -2.47. The van der Waals surface area contributed by atoms with Crippen molar-refractivity contribution in [3.63, 3.8) is 0 Å². The van der Waals surface area contributed by atoms with Crippen LogP contribution in [0.2, 0.25) is 0 Å². The Kier molecular flexibility index (Phi) is 3.59. The number of nitrogens with one attached hydrogen (secondary N) is 1. The summed E-state index contributed by atoms with van der Waals surface area (Å²) in [6, 6.07) is 0.408. The van der Waals surface area contributed by atoms with Crippen LogP contribution in [-0.2, 0) is 4.79 Å². The van der Waals surface area contributed by atoms with Crippen molar-refractivity contribution in [1.29, 1.82) is 0 Å². The number of nitrogens with zero attached hydrogens (tertiary/aromatic N) is 1. The van der Waals surface area contributed by atoms with Crippen LogP contribution in [0.3, 0.4) is 0 Å². The first-order chi connectivity index (χ1) is 9.18. The van der Waals surface area contributed by atoms with Crippen LogP contribution < -0.4 is 5.32 Å². The molecule has 2 unspecified atom stereocenters. The molecule has 1 spiro atoms. The Labute approximate surface area is 117 Å². The van der Waals surface area contributed by atoms with Crippen LogP contribution in [0.4, 0.5) is 0 Å². The maximum atomic E-state index is 12.7. The van der Waals surface area contributed by atoms with E-state index in [2.05, 4.69) is 24.1 Å². The van der Waals surface area contributed by atoms with Gasteiger partial charge in [-0.3, -0.25) is 10.1 Å². The Morgan fingerprint density at radius 2 is 2.05 bits per heavy atom. The van der Waals surface area contributed by atoms with Gasteiger partial charge in [0.2, 0.25) is 5.91 Å². The van der Waals surface area contributed by atoms with Crippen molar-refractivity contribution in [2.75, 3.05) is 0 Å². The van der Waals surface area contributed by atoms with Gasteiger partial charge in [-0.25, -0.2) is 0 Å². The summed E-state index contributed by atoms with van der Waals surface area (Å²) in [4.78, 5) is 15.0. The van der Waals surface area contributed by atoms with Crippen molar-refractivity contribution in [2.24, 2.45) is 5.92 Å². The molecule has 3 aliphatic rings. The third kappa shape index (κ3) is 2.31. The molecule has 0 radical (unpaired) electrons. The monoisotopic (exact) mass is 264 g/mol. The number of carbonyl (C=O) groups excluding carboxylic acids is 1. The van der Waals surface area contributed by atoms with Crippen molar-refractivity contribution < 1.29 is 4.79 Å². The second kappa shape index (κ2) is 5.08. The number of hydrogen-bond donors (Lipinski definition) is 1. The summed E-state index contributed by atoms with van der Waals surface area (Å²) in [6.45, 7) is 4.48. The van der Waals surface area contributed by atoms with Gasteiger partial charge in [0.05, 0.1) is 11.7 Å². The molecule has 1 N–H and O–H groups in total. The number of rotatable bonds is 5. The summed E-state index contributed by atoms with van der Waals surface area (Å²) >= 11 is 0. The molecule has 3 fully saturated rings. The molecule has 0 aromatic rings. The van der Waals surface area contributed by atoms with Gasteiger partial charge in [0.15, 0.2) is 0 Å². The fourth-order valence-electron chi connectivity index (χ4n) is 4.00. The van der Waals surface area contributed by atoms with E-state index in [1.165, 1.54) is 38.5 Å². The molecule has 2 saturated carbocycles. The van der Waals surface area contributed by atoms with Crippen molar-refractivity contribution in [1.82, 2.24) is 10.2 Å². The van der Waals surface area contributed by atoms with E-state index in [9.17, 15) is 4.79 Å². The zero-order valence-corrected chi connectivity index (χ0v) is 12.5. The molecule has 3 nitrogen and oxygen atoms in total. The molecular weight excluding hydrogens is 236 g/mol. The van der Waals surface area contributed by atoms with Gasteiger partial charge in [0.25, 0.3) is 0 Å². The Balaban J connectivity index is 1.74. The van der Waals surface area contributed by atoms with E-state index in [4.69, 9.17) is 0 Å². The van der Waals surface area contributed by atoms with E-state index < -0.39 is 0 Å². The Hall–Kier alpha value is -0.570. The average Bonchev–Trinajstić information content (AvgIpc) is 2.87. The normalized spacial score (nSPS) is 31.4. The predicted octanol–water partition coefficient (Wildman–Crippen LogP) is 3.05. The van der Waals surface area contributed by atoms with E-state index in [1.807, 2.05) is 0 Å². The third-order valence-electron chi connectivity index (χ3n) is 5.41. The molecule has 108 valence electrons. The first-order valence-corrected chi connectivity index (χ1v) is 8.28. The van der Waals surface area contributed by atoms with Crippen molar-refractivity contribution in [3.8, 4) is 0 Å². The molecule has 1 aliphatic heterocycles. The Morgan fingerprint density at radius 3 is 2.63 bits per heavy atom. The van der Waals surface area contributed by atoms with Gasteiger partial charge in [0.1, 0.15) is 0 Å². The first kappa shape index (κ1) is 13.4. The maximum Gasteiger partial charge on any atom is 0.244 e. The second-order valence-corrected chi connectivity index (χ2v) is 6.92. The van der Waals surface area contributed by atoms with Crippen LogP contribution in [0.25, 0.3) is 0 Å². The summed E-state index contributed by atoms with van der Waals surface area (Å²) in [5.41, 5.74) is -0.131. The van der Waals surface area contributed by atoms with Gasteiger partial charge < -0.3 is 4.90 Å². The minimum Gasteiger partial charge on any atom is -0.323 e. The van der Waals surface area contributed by atoms with Crippen LogP contribution in [0.1, 0.15) is 71.6 Å². The smallest absolute Gasteiger partial charge is 0.244 e. The topological polar surface area (TPSA) is 32.3 Å². The lowest BCUT2D eigenvalue weighted by Gasteiger charge is -2.34. The quantitative estimate of drug-likeness (QED) is 0.827. The predicted molar refractivity (Wildman–Crippen MR) is 76.7 cm³/mol. The standard InChI is InChI=1S/C16H28N2O/c1-3-4-7-12(2)18-14(13-8-5-6-9-13)17-16(10-11-16)15(18)19/h12-14,17H,3-11H2,1-2H3. The summed E-state index contributed by atoms with van der Waals surface area (Å²) in [5, 5.41) is 3.72. The number of amides is 1. The van der Waals surface area contributed by atoms with Crippen LogP contribution in [0, 0.1) is 5.92 Å². The van der Waals surface area contributed by atoms with Gasteiger partial charge in [-0.15, -0.1) is 0 Å². The Morgan fingerprint density at radius 1 is 1.37 bits per heavy atom. The SMILES string of the molecule is CCCCC(C)N1C(=O)C2(CC2)NC1C1CCCC1. The fourth-order valence-corrected chi connectivity index (χ4v) is 4.00. The molecule has 2 atom stereocenters. The number of unbranched alkanes of at least 4 members (excludes halogenated alkanes) is 1. The number of carbonyl (C=O) groups is 1. The third-order valence-corrected chi connectivity index (χ3v) is 5.41. The van der Waals surface area contributed by atoms with Crippen LogP contribution in [0.5, 0.6) is 0 Å². The van der Waals surface area contributed by atoms with Crippen LogP contribution >= 0.6 is 0 Å².